The summed E-state index contributed by atoms with van der Waals surface area (Å²) in [6, 6.07) is 9.56. The van der Waals surface area contributed by atoms with Crippen LogP contribution in [0.4, 0.5) is 5.95 Å². The molecule has 3 atom stereocenters. The fourth-order valence-corrected chi connectivity index (χ4v) is 2.96. The summed E-state index contributed by atoms with van der Waals surface area (Å²) in [4.78, 5) is 4.26. The van der Waals surface area contributed by atoms with Gasteiger partial charge in [0, 0.05) is 6.54 Å². The van der Waals surface area contributed by atoms with Crippen molar-refractivity contribution in [3.8, 4) is 5.75 Å². The van der Waals surface area contributed by atoms with Gasteiger partial charge in [0.05, 0.1) is 6.04 Å². The minimum absolute atomic E-state index is 0.0880. The molecular weight excluding hydrogens is 292 g/mol. The van der Waals surface area contributed by atoms with Crippen molar-refractivity contribution in [3.05, 3.63) is 36.7 Å². The smallest absolute Gasteiger partial charge is 0.242 e. The number of aliphatic hydroxyl groups is 1. The maximum Gasteiger partial charge on any atom is 0.242 e. The van der Waals surface area contributed by atoms with Crippen LogP contribution in [0.5, 0.6) is 5.75 Å². The second kappa shape index (κ2) is 7.46. The normalized spacial score (nSPS) is 24.3. The van der Waals surface area contributed by atoms with Crippen molar-refractivity contribution in [1.29, 1.82) is 0 Å². The summed E-state index contributed by atoms with van der Waals surface area (Å²) >= 11 is 0. The van der Waals surface area contributed by atoms with Crippen molar-refractivity contribution in [2.45, 2.75) is 57.4 Å². The SMILES string of the molecule is CCCn1cnc(N[C@H]2CCC[C@@H](Oc3ccccc3)[C@@H]2O)n1. The van der Waals surface area contributed by atoms with Crippen LogP contribution in [0, 0.1) is 0 Å². The third kappa shape index (κ3) is 4.01. The Morgan fingerprint density at radius 2 is 2.13 bits per heavy atom. The predicted molar refractivity (Wildman–Crippen MR) is 88.4 cm³/mol. The van der Waals surface area contributed by atoms with E-state index in [0.29, 0.717) is 5.95 Å². The van der Waals surface area contributed by atoms with Crippen LogP contribution >= 0.6 is 0 Å². The number of aromatic nitrogens is 3. The molecule has 1 aromatic heterocycles. The van der Waals surface area contributed by atoms with Crippen molar-refractivity contribution in [2.24, 2.45) is 0 Å². The van der Waals surface area contributed by atoms with Crippen molar-refractivity contribution < 1.29 is 9.84 Å². The first-order chi connectivity index (χ1) is 11.3. The number of aliphatic hydroxyl groups excluding tert-OH is 1. The lowest BCUT2D eigenvalue weighted by Crippen LogP contribution is -2.48. The van der Waals surface area contributed by atoms with Crippen LogP contribution in [0.1, 0.15) is 32.6 Å². The summed E-state index contributed by atoms with van der Waals surface area (Å²) in [7, 11) is 0. The van der Waals surface area contributed by atoms with Crippen molar-refractivity contribution in [3.63, 3.8) is 0 Å². The van der Waals surface area contributed by atoms with Gasteiger partial charge in [-0.1, -0.05) is 25.1 Å². The van der Waals surface area contributed by atoms with E-state index in [1.165, 1.54) is 0 Å². The number of aryl methyl sites for hydroxylation is 1. The molecule has 23 heavy (non-hydrogen) atoms. The molecule has 1 heterocycles. The number of anilines is 1. The highest BCUT2D eigenvalue weighted by atomic mass is 16.5. The first-order valence-electron chi connectivity index (χ1n) is 8.32. The molecule has 2 aromatic rings. The van der Waals surface area contributed by atoms with Crippen molar-refractivity contribution in [1.82, 2.24) is 14.8 Å². The Kier molecular flexibility index (Phi) is 5.12. The highest BCUT2D eigenvalue weighted by Crippen LogP contribution is 2.25. The van der Waals surface area contributed by atoms with E-state index in [9.17, 15) is 5.11 Å². The van der Waals surface area contributed by atoms with Gasteiger partial charge in [-0.05, 0) is 37.8 Å². The van der Waals surface area contributed by atoms with Gasteiger partial charge < -0.3 is 15.2 Å². The predicted octanol–water partition coefficient (Wildman–Crippen LogP) is 2.46. The molecular formula is C17H24N4O2. The second-order valence-corrected chi connectivity index (χ2v) is 5.97. The third-order valence-corrected chi connectivity index (χ3v) is 4.13. The van der Waals surface area contributed by atoms with Crippen LogP contribution in [-0.2, 0) is 6.54 Å². The molecule has 0 bridgehead atoms. The zero-order valence-electron chi connectivity index (χ0n) is 13.4. The van der Waals surface area contributed by atoms with Crippen LogP contribution in [0.25, 0.3) is 0 Å². The number of rotatable bonds is 6. The highest BCUT2D eigenvalue weighted by Gasteiger charge is 2.33. The molecule has 0 unspecified atom stereocenters. The summed E-state index contributed by atoms with van der Waals surface area (Å²) in [5, 5.41) is 18.2. The number of nitrogens with zero attached hydrogens (tertiary/aromatic N) is 3. The van der Waals surface area contributed by atoms with Gasteiger partial charge >= 0.3 is 0 Å². The summed E-state index contributed by atoms with van der Waals surface area (Å²) in [6.07, 6.45) is 4.69. The quantitative estimate of drug-likeness (QED) is 0.856. The second-order valence-electron chi connectivity index (χ2n) is 5.97. The molecule has 1 fully saturated rings. The lowest BCUT2D eigenvalue weighted by Gasteiger charge is -2.35. The van der Waals surface area contributed by atoms with Gasteiger partial charge in [-0.25, -0.2) is 4.98 Å². The Morgan fingerprint density at radius 1 is 1.30 bits per heavy atom. The lowest BCUT2D eigenvalue weighted by molar-refractivity contribution is -0.00125. The molecule has 3 rings (SSSR count). The molecule has 1 aliphatic carbocycles. The summed E-state index contributed by atoms with van der Waals surface area (Å²) in [5.41, 5.74) is 0. The Balaban J connectivity index is 1.61. The molecule has 124 valence electrons. The van der Waals surface area contributed by atoms with Crippen LogP contribution in [0.2, 0.25) is 0 Å². The van der Waals surface area contributed by atoms with Crippen LogP contribution in [-0.4, -0.2) is 38.1 Å². The summed E-state index contributed by atoms with van der Waals surface area (Å²) in [5.74, 6) is 1.37. The Hall–Kier alpha value is -2.08. The monoisotopic (exact) mass is 316 g/mol. The molecule has 1 aromatic carbocycles. The Labute approximate surface area is 136 Å². The minimum atomic E-state index is -0.581. The first kappa shape index (κ1) is 15.8. The minimum Gasteiger partial charge on any atom is -0.488 e. The highest BCUT2D eigenvalue weighted by molar-refractivity contribution is 5.26. The number of benzene rings is 1. The van der Waals surface area contributed by atoms with E-state index in [0.717, 1.165) is 38.0 Å². The molecule has 6 heteroatoms. The van der Waals surface area contributed by atoms with Crippen LogP contribution in [0.15, 0.2) is 36.7 Å². The van der Waals surface area contributed by atoms with E-state index in [2.05, 4.69) is 22.3 Å². The van der Waals surface area contributed by atoms with E-state index in [4.69, 9.17) is 4.74 Å². The van der Waals surface area contributed by atoms with E-state index in [1.54, 1.807) is 6.33 Å². The van der Waals surface area contributed by atoms with E-state index in [1.807, 2.05) is 35.0 Å². The number of hydrogen-bond donors (Lipinski definition) is 2. The van der Waals surface area contributed by atoms with Crippen LogP contribution < -0.4 is 10.1 Å². The van der Waals surface area contributed by atoms with Crippen molar-refractivity contribution in [2.75, 3.05) is 5.32 Å². The molecule has 1 saturated carbocycles. The lowest BCUT2D eigenvalue weighted by atomic mass is 9.90. The first-order valence-corrected chi connectivity index (χ1v) is 8.32. The van der Waals surface area contributed by atoms with Crippen LogP contribution in [0.3, 0.4) is 0 Å². The van der Waals surface area contributed by atoms with E-state index < -0.39 is 6.10 Å². The zero-order chi connectivity index (χ0) is 16.1. The van der Waals surface area contributed by atoms with Gasteiger partial charge in [-0.3, -0.25) is 4.68 Å². The molecule has 0 spiro atoms. The largest absolute Gasteiger partial charge is 0.488 e. The van der Waals surface area contributed by atoms with Gasteiger partial charge in [0.15, 0.2) is 0 Å². The van der Waals surface area contributed by atoms with Crippen molar-refractivity contribution >= 4 is 5.95 Å². The molecule has 0 radical (unpaired) electrons. The molecule has 0 aliphatic heterocycles. The maximum absolute atomic E-state index is 10.6. The standard InChI is InChI=1S/C17H24N4O2/c1-2-11-21-12-18-17(20-21)19-14-9-6-10-15(16(14)22)23-13-7-4-3-5-8-13/h3-5,7-8,12,14-16,22H,2,6,9-11H2,1H3,(H,19,20)/t14-,15+,16+/m0/s1. The van der Waals surface area contributed by atoms with Gasteiger partial charge in [0.1, 0.15) is 24.3 Å². The maximum atomic E-state index is 10.6. The summed E-state index contributed by atoms with van der Waals surface area (Å²) in [6.45, 7) is 2.95. The number of hydrogen-bond acceptors (Lipinski definition) is 5. The topological polar surface area (TPSA) is 72.2 Å². The molecule has 6 nitrogen and oxygen atoms in total. The number of para-hydroxylation sites is 1. The average Bonchev–Trinajstić information content (AvgIpc) is 3.00. The Bertz CT molecular complexity index is 602. The van der Waals surface area contributed by atoms with Gasteiger partial charge in [0.2, 0.25) is 5.95 Å². The van der Waals surface area contributed by atoms with E-state index >= 15 is 0 Å². The number of ether oxygens (including phenoxy) is 1. The fraction of sp³-hybridized carbons (Fsp3) is 0.529. The Morgan fingerprint density at radius 3 is 2.91 bits per heavy atom. The molecule has 0 amide bonds. The number of nitrogens with one attached hydrogen (secondary N) is 1. The van der Waals surface area contributed by atoms with Gasteiger partial charge in [-0.15, -0.1) is 5.10 Å². The third-order valence-electron chi connectivity index (χ3n) is 4.13. The molecule has 0 saturated heterocycles. The van der Waals surface area contributed by atoms with Gasteiger partial charge in [-0.2, -0.15) is 0 Å². The van der Waals surface area contributed by atoms with E-state index in [-0.39, 0.29) is 12.1 Å². The molecule has 1 aliphatic rings. The average molecular weight is 316 g/mol. The summed E-state index contributed by atoms with van der Waals surface area (Å²) < 4.78 is 7.76. The van der Waals surface area contributed by atoms with Gasteiger partial charge in [0.25, 0.3) is 0 Å². The molecule has 2 N–H and O–H groups in total. The fourth-order valence-electron chi connectivity index (χ4n) is 2.96. The zero-order valence-corrected chi connectivity index (χ0v) is 13.4.